The SMILES string of the molecule is Cc1sc(CC(N)=S)nc1-c1ccccn1. The maximum absolute atomic E-state index is 5.50. The van der Waals surface area contributed by atoms with Crippen molar-refractivity contribution < 1.29 is 0 Å². The van der Waals surface area contributed by atoms with E-state index in [0.29, 0.717) is 11.4 Å². The van der Waals surface area contributed by atoms with E-state index in [4.69, 9.17) is 18.0 Å². The van der Waals surface area contributed by atoms with Gasteiger partial charge in [0.05, 0.1) is 10.7 Å². The summed E-state index contributed by atoms with van der Waals surface area (Å²) in [6, 6.07) is 5.79. The van der Waals surface area contributed by atoms with Gasteiger partial charge >= 0.3 is 0 Å². The highest BCUT2D eigenvalue weighted by Gasteiger charge is 2.10. The lowest BCUT2D eigenvalue weighted by molar-refractivity contribution is 1.19. The maximum atomic E-state index is 5.50. The van der Waals surface area contributed by atoms with Gasteiger partial charge in [-0.15, -0.1) is 11.3 Å². The van der Waals surface area contributed by atoms with Crippen molar-refractivity contribution in [1.82, 2.24) is 9.97 Å². The number of aromatic nitrogens is 2. The van der Waals surface area contributed by atoms with Crippen LogP contribution in [0, 0.1) is 6.92 Å². The number of aryl methyl sites for hydroxylation is 1. The van der Waals surface area contributed by atoms with Gasteiger partial charge in [-0.05, 0) is 19.1 Å². The van der Waals surface area contributed by atoms with Gasteiger partial charge in [-0.2, -0.15) is 0 Å². The average Bonchev–Trinajstić information content (AvgIpc) is 2.60. The van der Waals surface area contributed by atoms with Crippen molar-refractivity contribution in [3.05, 3.63) is 34.3 Å². The van der Waals surface area contributed by atoms with E-state index in [0.717, 1.165) is 21.3 Å². The van der Waals surface area contributed by atoms with Crippen LogP contribution in [0.5, 0.6) is 0 Å². The zero-order valence-electron chi connectivity index (χ0n) is 8.80. The second-order valence-electron chi connectivity index (χ2n) is 3.37. The van der Waals surface area contributed by atoms with Crippen LogP contribution in [0.2, 0.25) is 0 Å². The first kappa shape index (κ1) is 11.2. The first-order valence-electron chi connectivity index (χ1n) is 4.83. The Bertz CT molecular complexity index is 505. The summed E-state index contributed by atoms with van der Waals surface area (Å²) in [4.78, 5) is 10.4. The fourth-order valence-corrected chi connectivity index (χ4v) is 2.61. The normalized spacial score (nSPS) is 10.3. The van der Waals surface area contributed by atoms with Crippen molar-refractivity contribution in [2.75, 3.05) is 0 Å². The Hall–Kier alpha value is -1.33. The van der Waals surface area contributed by atoms with Crippen LogP contribution >= 0.6 is 23.6 Å². The van der Waals surface area contributed by atoms with Crippen molar-refractivity contribution in [1.29, 1.82) is 0 Å². The Morgan fingerprint density at radius 2 is 2.31 bits per heavy atom. The van der Waals surface area contributed by atoms with Crippen LogP contribution in [0.25, 0.3) is 11.4 Å². The predicted octanol–water partition coefficient (Wildman–Crippen LogP) is 2.34. The number of hydrogen-bond donors (Lipinski definition) is 1. The average molecular weight is 249 g/mol. The zero-order chi connectivity index (χ0) is 11.5. The molecule has 0 bridgehead atoms. The topological polar surface area (TPSA) is 51.8 Å². The van der Waals surface area contributed by atoms with Gasteiger partial charge in [-0.3, -0.25) is 4.98 Å². The van der Waals surface area contributed by atoms with Crippen LogP contribution in [-0.2, 0) is 6.42 Å². The van der Waals surface area contributed by atoms with E-state index in [2.05, 4.69) is 9.97 Å². The molecular formula is C11H11N3S2. The molecule has 2 N–H and O–H groups in total. The van der Waals surface area contributed by atoms with Gasteiger partial charge in [-0.25, -0.2) is 4.98 Å². The lowest BCUT2D eigenvalue weighted by atomic mass is 10.2. The van der Waals surface area contributed by atoms with E-state index >= 15 is 0 Å². The van der Waals surface area contributed by atoms with Crippen LogP contribution in [0.1, 0.15) is 9.88 Å². The summed E-state index contributed by atoms with van der Waals surface area (Å²) in [6.07, 6.45) is 2.33. The third kappa shape index (κ3) is 2.43. The number of hydrogen-bond acceptors (Lipinski definition) is 4. The Morgan fingerprint density at radius 1 is 1.50 bits per heavy atom. The molecule has 0 aliphatic heterocycles. The molecule has 0 aliphatic carbocycles. The van der Waals surface area contributed by atoms with Crippen LogP contribution in [0.15, 0.2) is 24.4 Å². The molecule has 0 saturated carbocycles. The molecular weight excluding hydrogens is 238 g/mol. The predicted molar refractivity (Wildman–Crippen MR) is 70.6 cm³/mol. The highest BCUT2D eigenvalue weighted by atomic mass is 32.1. The second-order valence-corrected chi connectivity index (χ2v) is 5.18. The summed E-state index contributed by atoms with van der Waals surface area (Å²) >= 11 is 6.49. The van der Waals surface area contributed by atoms with Crippen LogP contribution in [-0.4, -0.2) is 15.0 Å². The van der Waals surface area contributed by atoms with Crippen molar-refractivity contribution in [3.8, 4) is 11.4 Å². The quantitative estimate of drug-likeness (QED) is 0.848. The molecule has 16 heavy (non-hydrogen) atoms. The number of nitrogens with zero attached hydrogens (tertiary/aromatic N) is 2. The minimum atomic E-state index is 0.473. The first-order valence-corrected chi connectivity index (χ1v) is 6.05. The second kappa shape index (κ2) is 4.67. The molecule has 2 rings (SSSR count). The standard InChI is InChI=1S/C11H11N3S2/c1-7-11(8-4-2-3-5-13-8)14-10(16-7)6-9(12)15/h2-5H,6H2,1H3,(H2,12,15). The molecule has 2 heterocycles. The molecule has 0 atom stereocenters. The summed E-state index contributed by atoms with van der Waals surface area (Å²) in [5, 5.41) is 0.950. The Labute approximate surface area is 103 Å². The molecule has 5 heteroatoms. The van der Waals surface area contributed by atoms with Crippen molar-refractivity contribution in [2.24, 2.45) is 5.73 Å². The molecule has 0 spiro atoms. The van der Waals surface area contributed by atoms with Crippen molar-refractivity contribution in [3.63, 3.8) is 0 Å². The molecule has 0 saturated heterocycles. The van der Waals surface area contributed by atoms with E-state index < -0.39 is 0 Å². The van der Waals surface area contributed by atoms with E-state index in [9.17, 15) is 0 Å². The summed E-state index contributed by atoms with van der Waals surface area (Å²) in [7, 11) is 0. The van der Waals surface area contributed by atoms with E-state index in [1.54, 1.807) is 17.5 Å². The van der Waals surface area contributed by atoms with Gasteiger partial charge in [-0.1, -0.05) is 18.3 Å². The minimum Gasteiger partial charge on any atom is -0.393 e. The van der Waals surface area contributed by atoms with Gasteiger partial charge in [0.15, 0.2) is 0 Å². The summed E-state index contributed by atoms with van der Waals surface area (Å²) in [5.74, 6) is 0. The summed E-state index contributed by atoms with van der Waals surface area (Å²) < 4.78 is 0. The fourth-order valence-electron chi connectivity index (χ4n) is 1.42. The third-order valence-electron chi connectivity index (χ3n) is 2.07. The molecule has 0 fully saturated rings. The lowest BCUT2D eigenvalue weighted by Gasteiger charge is -1.95. The number of rotatable bonds is 3. The molecule has 0 aliphatic rings. The van der Waals surface area contributed by atoms with Gasteiger partial charge in [0.25, 0.3) is 0 Å². The van der Waals surface area contributed by atoms with Gasteiger partial charge in [0.2, 0.25) is 0 Å². The van der Waals surface area contributed by atoms with Gasteiger partial charge in [0, 0.05) is 17.5 Å². The largest absolute Gasteiger partial charge is 0.393 e. The number of thiazole rings is 1. The van der Waals surface area contributed by atoms with E-state index in [1.807, 2.05) is 25.1 Å². The zero-order valence-corrected chi connectivity index (χ0v) is 10.4. The monoisotopic (exact) mass is 249 g/mol. The molecule has 82 valence electrons. The molecule has 2 aromatic rings. The van der Waals surface area contributed by atoms with E-state index in [1.165, 1.54) is 0 Å². The third-order valence-corrected chi connectivity index (χ3v) is 3.19. The Kier molecular flexibility index (Phi) is 3.26. The fraction of sp³-hybridized carbons (Fsp3) is 0.182. The van der Waals surface area contributed by atoms with Crippen LogP contribution in [0.3, 0.4) is 0 Å². The number of thiocarbonyl (C=S) groups is 1. The number of pyridine rings is 1. The van der Waals surface area contributed by atoms with Crippen molar-refractivity contribution in [2.45, 2.75) is 13.3 Å². The highest BCUT2D eigenvalue weighted by molar-refractivity contribution is 7.80. The van der Waals surface area contributed by atoms with Gasteiger partial charge in [0.1, 0.15) is 10.7 Å². The maximum Gasteiger partial charge on any atom is 0.103 e. The molecule has 0 radical (unpaired) electrons. The molecule has 3 nitrogen and oxygen atoms in total. The van der Waals surface area contributed by atoms with Gasteiger partial charge < -0.3 is 5.73 Å². The van der Waals surface area contributed by atoms with Crippen LogP contribution in [0.4, 0.5) is 0 Å². The first-order chi connectivity index (χ1) is 7.66. The molecule has 0 unspecified atom stereocenters. The van der Waals surface area contributed by atoms with E-state index in [-0.39, 0.29) is 0 Å². The molecule has 2 aromatic heterocycles. The lowest BCUT2D eigenvalue weighted by Crippen LogP contribution is -2.10. The minimum absolute atomic E-state index is 0.473. The molecule has 0 amide bonds. The highest BCUT2D eigenvalue weighted by Crippen LogP contribution is 2.25. The van der Waals surface area contributed by atoms with Crippen LogP contribution < -0.4 is 5.73 Å². The van der Waals surface area contributed by atoms with Crippen molar-refractivity contribution >= 4 is 28.5 Å². The Morgan fingerprint density at radius 3 is 2.94 bits per heavy atom. The smallest absolute Gasteiger partial charge is 0.103 e. The molecule has 0 aromatic carbocycles. The summed E-state index contributed by atoms with van der Waals surface area (Å²) in [5.41, 5.74) is 7.33. The number of nitrogens with two attached hydrogens (primary N) is 1. The summed E-state index contributed by atoms with van der Waals surface area (Å²) in [6.45, 7) is 2.03. The Balaban J connectivity index is 2.36.